The SMILES string of the molecule is CC(C)(C)[C@H](c1nc(-c2ccccc2)cn1Cc1ccccc1)N(CC[C@@H](N)CC(N)=O)C(=O)c1ccccc1. The van der Waals surface area contributed by atoms with Gasteiger partial charge in [0.2, 0.25) is 5.91 Å². The zero-order chi connectivity index (χ0) is 28.7. The van der Waals surface area contributed by atoms with Crippen LogP contribution >= 0.6 is 0 Å². The molecule has 4 N–H and O–H groups in total. The van der Waals surface area contributed by atoms with Crippen molar-refractivity contribution in [1.82, 2.24) is 14.5 Å². The van der Waals surface area contributed by atoms with Gasteiger partial charge in [-0.3, -0.25) is 9.59 Å². The number of rotatable bonds is 11. The van der Waals surface area contributed by atoms with Gasteiger partial charge in [0.1, 0.15) is 5.82 Å². The van der Waals surface area contributed by atoms with Crippen LogP contribution < -0.4 is 11.5 Å². The fourth-order valence-electron chi connectivity index (χ4n) is 5.06. The van der Waals surface area contributed by atoms with Crippen LogP contribution in [-0.2, 0) is 11.3 Å². The zero-order valence-electron chi connectivity index (χ0n) is 23.5. The molecule has 0 aliphatic carbocycles. The number of imidazole rings is 1. The lowest BCUT2D eigenvalue weighted by atomic mass is 9.84. The number of benzene rings is 3. The molecule has 0 aliphatic rings. The van der Waals surface area contributed by atoms with E-state index in [1.165, 1.54) is 0 Å². The van der Waals surface area contributed by atoms with Gasteiger partial charge >= 0.3 is 0 Å². The van der Waals surface area contributed by atoms with Gasteiger partial charge in [0, 0.05) is 42.9 Å². The molecule has 208 valence electrons. The van der Waals surface area contributed by atoms with Crippen LogP contribution in [-0.4, -0.2) is 38.9 Å². The summed E-state index contributed by atoms with van der Waals surface area (Å²) in [6.45, 7) is 7.32. The summed E-state index contributed by atoms with van der Waals surface area (Å²) in [6.07, 6.45) is 2.56. The molecule has 2 atom stereocenters. The zero-order valence-corrected chi connectivity index (χ0v) is 23.5. The Hall–Kier alpha value is -4.23. The molecule has 7 nitrogen and oxygen atoms in total. The third-order valence-corrected chi connectivity index (χ3v) is 6.94. The molecule has 4 rings (SSSR count). The van der Waals surface area contributed by atoms with E-state index in [1.54, 1.807) is 0 Å². The molecule has 4 aromatic rings. The molecule has 1 heterocycles. The Balaban J connectivity index is 1.83. The first kappa shape index (κ1) is 28.8. The number of carbonyl (C=O) groups excluding carboxylic acids is 2. The fraction of sp³-hybridized carbons (Fsp3) is 0.303. The summed E-state index contributed by atoms with van der Waals surface area (Å²) in [6, 6.07) is 28.7. The Bertz CT molecular complexity index is 1400. The number of aromatic nitrogens is 2. The molecule has 0 saturated carbocycles. The molecule has 0 spiro atoms. The van der Waals surface area contributed by atoms with Gasteiger partial charge in [-0.2, -0.15) is 0 Å². The predicted octanol–water partition coefficient (Wildman–Crippen LogP) is 5.42. The van der Waals surface area contributed by atoms with Crippen molar-refractivity contribution in [3.05, 3.63) is 114 Å². The number of nitrogens with zero attached hydrogens (tertiary/aromatic N) is 3. The molecular formula is C33H39N5O2. The van der Waals surface area contributed by atoms with E-state index < -0.39 is 11.9 Å². The minimum Gasteiger partial charge on any atom is -0.370 e. The van der Waals surface area contributed by atoms with Crippen molar-refractivity contribution in [3.63, 3.8) is 0 Å². The van der Waals surface area contributed by atoms with Crippen molar-refractivity contribution in [2.45, 2.75) is 52.2 Å². The second kappa shape index (κ2) is 12.7. The topological polar surface area (TPSA) is 107 Å². The predicted molar refractivity (Wildman–Crippen MR) is 159 cm³/mol. The van der Waals surface area contributed by atoms with Crippen LogP contribution in [0.3, 0.4) is 0 Å². The lowest BCUT2D eigenvalue weighted by molar-refractivity contribution is -0.118. The molecule has 7 heteroatoms. The minimum atomic E-state index is -0.452. The Morgan fingerprint density at radius 1 is 0.900 bits per heavy atom. The maximum atomic E-state index is 14.1. The summed E-state index contributed by atoms with van der Waals surface area (Å²) >= 11 is 0. The highest BCUT2D eigenvalue weighted by molar-refractivity contribution is 5.94. The van der Waals surface area contributed by atoms with Crippen LogP contribution in [0.25, 0.3) is 11.3 Å². The molecule has 1 aromatic heterocycles. The van der Waals surface area contributed by atoms with Gasteiger partial charge in [0.15, 0.2) is 0 Å². The molecule has 0 fully saturated rings. The minimum absolute atomic E-state index is 0.0638. The highest BCUT2D eigenvalue weighted by Gasteiger charge is 2.38. The average molecular weight is 538 g/mol. The lowest BCUT2D eigenvalue weighted by Gasteiger charge is -2.40. The van der Waals surface area contributed by atoms with Gasteiger partial charge in [0.25, 0.3) is 5.91 Å². The van der Waals surface area contributed by atoms with Crippen LogP contribution in [0.1, 0.15) is 61.4 Å². The van der Waals surface area contributed by atoms with Crippen LogP contribution in [0, 0.1) is 5.41 Å². The Morgan fingerprint density at radius 2 is 1.48 bits per heavy atom. The van der Waals surface area contributed by atoms with Crippen LogP contribution in [0.2, 0.25) is 0 Å². The molecule has 2 amide bonds. The van der Waals surface area contributed by atoms with Crippen LogP contribution in [0.4, 0.5) is 0 Å². The van der Waals surface area contributed by atoms with Crippen molar-refractivity contribution in [3.8, 4) is 11.3 Å². The third kappa shape index (κ3) is 7.24. The van der Waals surface area contributed by atoms with Gasteiger partial charge < -0.3 is 20.9 Å². The first-order valence-electron chi connectivity index (χ1n) is 13.7. The molecule has 0 bridgehead atoms. The second-order valence-corrected chi connectivity index (χ2v) is 11.3. The molecule has 0 radical (unpaired) electrons. The molecule has 0 saturated heterocycles. The van der Waals surface area contributed by atoms with Crippen molar-refractivity contribution >= 4 is 11.8 Å². The first-order chi connectivity index (χ1) is 19.1. The summed E-state index contributed by atoms with van der Waals surface area (Å²) in [5.74, 6) is 0.233. The summed E-state index contributed by atoms with van der Waals surface area (Å²) in [4.78, 5) is 32.7. The summed E-state index contributed by atoms with van der Waals surface area (Å²) < 4.78 is 2.15. The monoisotopic (exact) mass is 537 g/mol. The van der Waals surface area contributed by atoms with E-state index >= 15 is 0 Å². The van der Waals surface area contributed by atoms with Gasteiger partial charge in [-0.1, -0.05) is 99.6 Å². The number of primary amides is 1. The van der Waals surface area contributed by atoms with Crippen LogP contribution in [0.15, 0.2) is 97.2 Å². The smallest absolute Gasteiger partial charge is 0.254 e. The van der Waals surface area contributed by atoms with Crippen molar-refractivity contribution in [1.29, 1.82) is 0 Å². The van der Waals surface area contributed by atoms with Crippen molar-refractivity contribution in [2.24, 2.45) is 16.9 Å². The van der Waals surface area contributed by atoms with Gasteiger partial charge in [-0.25, -0.2) is 4.98 Å². The molecule has 0 aliphatic heterocycles. The Labute approximate surface area is 236 Å². The lowest BCUT2D eigenvalue weighted by Crippen LogP contribution is -2.44. The summed E-state index contributed by atoms with van der Waals surface area (Å²) in [5.41, 5.74) is 14.9. The highest BCUT2D eigenvalue weighted by atomic mass is 16.2. The van der Waals surface area contributed by atoms with E-state index in [4.69, 9.17) is 16.5 Å². The Kier molecular flexibility index (Phi) is 9.17. The maximum absolute atomic E-state index is 14.1. The van der Waals surface area contributed by atoms with Crippen molar-refractivity contribution < 1.29 is 9.59 Å². The number of amides is 2. The molecule has 0 unspecified atom stereocenters. The van der Waals surface area contributed by atoms with E-state index in [2.05, 4.69) is 43.7 Å². The summed E-state index contributed by atoms with van der Waals surface area (Å²) in [7, 11) is 0. The van der Waals surface area contributed by atoms with Gasteiger partial charge in [0.05, 0.1) is 11.7 Å². The van der Waals surface area contributed by atoms with Crippen molar-refractivity contribution in [2.75, 3.05) is 6.54 Å². The van der Waals surface area contributed by atoms with E-state index in [0.717, 1.165) is 22.6 Å². The van der Waals surface area contributed by atoms with Crippen LogP contribution in [0.5, 0.6) is 0 Å². The van der Waals surface area contributed by atoms with Gasteiger partial charge in [-0.05, 0) is 29.5 Å². The third-order valence-electron chi connectivity index (χ3n) is 6.94. The number of carbonyl (C=O) groups is 2. The normalized spacial score (nSPS) is 13.0. The van der Waals surface area contributed by atoms with E-state index in [1.807, 2.05) is 83.8 Å². The highest BCUT2D eigenvalue weighted by Crippen LogP contribution is 2.40. The molecule has 40 heavy (non-hydrogen) atoms. The van der Waals surface area contributed by atoms with E-state index in [-0.39, 0.29) is 23.8 Å². The first-order valence-corrected chi connectivity index (χ1v) is 13.7. The van der Waals surface area contributed by atoms with Gasteiger partial charge in [-0.15, -0.1) is 0 Å². The summed E-state index contributed by atoms with van der Waals surface area (Å²) in [5, 5.41) is 0. The maximum Gasteiger partial charge on any atom is 0.254 e. The standard InChI is InChI=1S/C33H39N5O2/c1-33(2,3)30(38(20-19-27(34)21-29(35)39)32(40)26-17-11-6-12-18-26)31-36-28(25-15-9-5-10-16-25)23-37(31)22-24-13-7-4-8-14-24/h4-18,23,27,30H,19-22,34H2,1-3H3,(H2,35,39)/t27-,30+/m1/s1. The van der Waals surface area contributed by atoms with E-state index in [9.17, 15) is 9.59 Å². The second-order valence-electron chi connectivity index (χ2n) is 11.3. The molecule has 3 aromatic carbocycles. The van der Waals surface area contributed by atoms with E-state index in [0.29, 0.717) is 25.1 Å². The largest absolute Gasteiger partial charge is 0.370 e. The fourth-order valence-corrected chi connectivity index (χ4v) is 5.06. The number of hydrogen-bond acceptors (Lipinski definition) is 4. The average Bonchev–Trinajstić information content (AvgIpc) is 3.33. The Morgan fingerprint density at radius 3 is 2.05 bits per heavy atom. The molecular weight excluding hydrogens is 498 g/mol. The quantitative estimate of drug-likeness (QED) is 0.266. The number of hydrogen-bond donors (Lipinski definition) is 2. The number of nitrogens with two attached hydrogens (primary N) is 2.